The summed E-state index contributed by atoms with van der Waals surface area (Å²) >= 11 is 0. The van der Waals surface area contributed by atoms with Crippen molar-refractivity contribution in [3.05, 3.63) is 83.5 Å². The minimum Gasteiger partial charge on any atom is -0.265 e. The van der Waals surface area contributed by atoms with Gasteiger partial charge in [-0.2, -0.15) is 0 Å². The van der Waals surface area contributed by atoms with Crippen LogP contribution in [0, 0.1) is 6.92 Å². The molecule has 0 bridgehead atoms. The van der Waals surface area contributed by atoms with Crippen LogP contribution >= 0.6 is 0 Å². The van der Waals surface area contributed by atoms with Crippen molar-refractivity contribution in [3.63, 3.8) is 0 Å². The molecule has 2 aromatic heterocycles. The zero-order valence-corrected chi connectivity index (χ0v) is 14.8. The molecular weight excluding hydrogens is 292 g/mol. The third-order valence-corrected chi connectivity index (χ3v) is 5.06. The molecule has 24 heavy (non-hydrogen) atoms. The summed E-state index contributed by atoms with van der Waals surface area (Å²) in [5, 5.41) is 0. The van der Waals surface area contributed by atoms with E-state index < -0.39 is 0 Å². The smallest absolute Gasteiger partial charge is 0.0372 e. The highest BCUT2D eigenvalue weighted by molar-refractivity contribution is 5.32. The SMILES string of the molecule is C=C(CCc1ccncc1)CC1=CCC(C)(c2ccc(C)nc2)C1. The molecular formula is C22H26N2. The van der Waals surface area contributed by atoms with E-state index in [1.165, 1.54) is 22.3 Å². The lowest BCUT2D eigenvalue weighted by atomic mass is 9.79. The van der Waals surface area contributed by atoms with E-state index in [1.807, 2.05) is 25.5 Å². The molecule has 1 atom stereocenters. The molecule has 0 N–H and O–H groups in total. The highest BCUT2D eigenvalue weighted by atomic mass is 14.7. The van der Waals surface area contributed by atoms with E-state index in [0.29, 0.717) is 0 Å². The zero-order valence-electron chi connectivity index (χ0n) is 14.8. The Labute approximate surface area is 145 Å². The molecule has 1 aliphatic rings. The van der Waals surface area contributed by atoms with Gasteiger partial charge in [0.05, 0.1) is 0 Å². The number of rotatable bonds is 6. The highest BCUT2D eigenvalue weighted by Gasteiger charge is 2.31. The predicted molar refractivity (Wildman–Crippen MR) is 100.0 cm³/mol. The van der Waals surface area contributed by atoms with Crippen molar-refractivity contribution in [2.24, 2.45) is 0 Å². The maximum absolute atomic E-state index is 4.47. The van der Waals surface area contributed by atoms with E-state index in [9.17, 15) is 0 Å². The molecule has 1 unspecified atom stereocenters. The minimum absolute atomic E-state index is 0.196. The summed E-state index contributed by atoms with van der Waals surface area (Å²) in [5.74, 6) is 0. The Kier molecular flexibility index (Phi) is 4.94. The second kappa shape index (κ2) is 7.12. The first kappa shape index (κ1) is 16.6. The molecule has 2 heterocycles. The Bertz CT molecular complexity index is 728. The van der Waals surface area contributed by atoms with Crippen molar-refractivity contribution in [1.82, 2.24) is 9.97 Å². The molecule has 2 nitrogen and oxygen atoms in total. The average Bonchev–Trinajstić information content (AvgIpc) is 2.96. The number of hydrogen-bond acceptors (Lipinski definition) is 2. The molecule has 0 fully saturated rings. The molecule has 0 aliphatic heterocycles. The fraction of sp³-hybridized carbons (Fsp3) is 0.364. The third kappa shape index (κ3) is 4.00. The maximum atomic E-state index is 4.47. The van der Waals surface area contributed by atoms with Crippen LogP contribution in [0.3, 0.4) is 0 Å². The number of allylic oxidation sites excluding steroid dienone is 3. The van der Waals surface area contributed by atoms with Crippen LogP contribution in [-0.2, 0) is 11.8 Å². The van der Waals surface area contributed by atoms with Crippen LogP contribution in [0.5, 0.6) is 0 Å². The molecule has 1 aliphatic carbocycles. The summed E-state index contributed by atoms with van der Waals surface area (Å²) in [7, 11) is 0. The van der Waals surface area contributed by atoms with E-state index in [2.05, 4.69) is 53.8 Å². The minimum atomic E-state index is 0.196. The largest absolute Gasteiger partial charge is 0.265 e. The van der Waals surface area contributed by atoms with Crippen LogP contribution in [0.2, 0.25) is 0 Å². The second-order valence-corrected chi connectivity index (χ2v) is 7.27. The number of aromatic nitrogens is 2. The first-order valence-electron chi connectivity index (χ1n) is 8.72. The van der Waals surface area contributed by atoms with Gasteiger partial charge in [0, 0.05) is 29.7 Å². The Morgan fingerprint density at radius 3 is 2.71 bits per heavy atom. The molecule has 0 saturated carbocycles. The van der Waals surface area contributed by atoms with E-state index >= 15 is 0 Å². The van der Waals surface area contributed by atoms with Crippen molar-refractivity contribution in [2.75, 3.05) is 0 Å². The molecule has 2 aromatic rings. The van der Waals surface area contributed by atoms with Gasteiger partial charge in [-0.3, -0.25) is 9.97 Å². The Morgan fingerprint density at radius 2 is 2.00 bits per heavy atom. The number of aryl methyl sites for hydroxylation is 2. The van der Waals surface area contributed by atoms with E-state index in [1.54, 1.807) is 0 Å². The van der Waals surface area contributed by atoms with Crippen LogP contribution in [0.25, 0.3) is 0 Å². The summed E-state index contributed by atoms with van der Waals surface area (Å²) in [4.78, 5) is 8.54. The molecule has 0 aromatic carbocycles. The van der Waals surface area contributed by atoms with Gasteiger partial charge in [-0.15, -0.1) is 0 Å². The van der Waals surface area contributed by atoms with Crippen LogP contribution in [0.15, 0.2) is 66.7 Å². The van der Waals surface area contributed by atoms with Gasteiger partial charge >= 0.3 is 0 Å². The summed E-state index contributed by atoms with van der Waals surface area (Å²) in [6.07, 6.45) is 13.5. The van der Waals surface area contributed by atoms with Crippen LogP contribution in [0.1, 0.15) is 49.4 Å². The number of nitrogens with zero attached hydrogens (tertiary/aromatic N) is 2. The van der Waals surface area contributed by atoms with Crippen LogP contribution < -0.4 is 0 Å². The molecule has 2 heteroatoms. The Hall–Kier alpha value is -2.22. The van der Waals surface area contributed by atoms with Gasteiger partial charge in [0.1, 0.15) is 0 Å². The topological polar surface area (TPSA) is 25.8 Å². The average molecular weight is 318 g/mol. The molecule has 3 rings (SSSR count). The van der Waals surface area contributed by atoms with Gasteiger partial charge in [-0.1, -0.05) is 36.8 Å². The summed E-state index contributed by atoms with van der Waals surface area (Å²) in [6, 6.07) is 8.52. The van der Waals surface area contributed by atoms with Crippen molar-refractivity contribution < 1.29 is 0 Å². The fourth-order valence-electron chi connectivity index (χ4n) is 3.47. The Balaban J connectivity index is 1.53. The molecule has 124 valence electrons. The first-order valence-corrected chi connectivity index (χ1v) is 8.72. The summed E-state index contributed by atoms with van der Waals surface area (Å²) in [5.41, 5.74) is 6.81. The van der Waals surface area contributed by atoms with E-state index in [0.717, 1.165) is 37.8 Å². The highest BCUT2D eigenvalue weighted by Crippen LogP contribution is 2.41. The third-order valence-electron chi connectivity index (χ3n) is 5.06. The number of pyridine rings is 2. The van der Waals surface area contributed by atoms with Gasteiger partial charge in [-0.05, 0) is 68.4 Å². The molecule has 0 amide bonds. The van der Waals surface area contributed by atoms with E-state index in [4.69, 9.17) is 0 Å². The van der Waals surface area contributed by atoms with Gasteiger partial charge in [0.2, 0.25) is 0 Å². The number of hydrogen-bond donors (Lipinski definition) is 0. The van der Waals surface area contributed by atoms with E-state index in [-0.39, 0.29) is 5.41 Å². The van der Waals surface area contributed by atoms with Crippen molar-refractivity contribution in [2.45, 2.75) is 51.4 Å². The first-order chi connectivity index (χ1) is 11.5. The lowest BCUT2D eigenvalue weighted by Crippen LogP contribution is -2.18. The van der Waals surface area contributed by atoms with Gasteiger partial charge < -0.3 is 0 Å². The summed E-state index contributed by atoms with van der Waals surface area (Å²) < 4.78 is 0. The fourth-order valence-corrected chi connectivity index (χ4v) is 3.47. The predicted octanol–water partition coefficient (Wildman–Crippen LogP) is 5.34. The molecule has 0 radical (unpaired) electrons. The summed E-state index contributed by atoms with van der Waals surface area (Å²) in [6.45, 7) is 8.69. The second-order valence-electron chi connectivity index (χ2n) is 7.27. The monoisotopic (exact) mass is 318 g/mol. The van der Waals surface area contributed by atoms with Gasteiger partial charge in [0.25, 0.3) is 0 Å². The molecule has 0 saturated heterocycles. The van der Waals surface area contributed by atoms with Crippen LogP contribution in [-0.4, -0.2) is 9.97 Å². The molecule has 0 spiro atoms. The lowest BCUT2D eigenvalue weighted by molar-refractivity contribution is 0.499. The Morgan fingerprint density at radius 1 is 1.21 bits per heavy atom. The van der Waals surface area contributed by atoms with Crippen molar-refractivity contribution >= 4 is 0 Å². The standard InChI is InChI=1S/C22H26N2/c1-17(4-6-19-9-12-23-13-10-19)14-20-8-11-22(3,15-20)21-7-5-18(2)24-16-21/h5,7-10,12-13,16H,1,4,6,11,14-15H2,2-3H3. The van der Waals surface area contributed by atoms with Gasteiger partial charge in [0.15, 0.2) is 0 Å². The maximum Gasteiger partial charge on any atom is 0.0372 e. The van der Waals surface area contributed by atoms with Crippen LogP contribution in [0.4, 0.5) is 0 Å². The van der Waals surface area contributed by atoms with Crippen molar-refractivity contribution in [1.29, 1.82) is 0 Å². The van der Waals surface area contributed by atoms with Gasteiger partial charge in [-0.25, -0.2) is 0 Å². The zero-order chi connectivity index (χ0) is 17.0. The van der Waals surface area contributed by atoms with Crippen molar-refractivity contribution in [3.8, 4) is 0 Å². The quantitative estimate of drug-likeness (QED) is 0.672. The lowest BCUT2D eigenvalue weighted by Gasteiger charge is -2.25. The normalized spacial score (nSPS) is 20.0.